The maximum Gasteiger partial charge on any atom is 0.271 e. The van der Waals surface area contributed by atoms with Crippen molar-refractivity contribution in [3.8, 4) is 5.75 Å². The molecule has 0 aliphatic heterocycles. The van der Waals surface area contributed by atoms with Gasteiger partial charge in [0.25, 0.3) is 11.6 Å². The summed E-state index contributed by atoms with van der Waals surface area (Å²) in [5.41, 5.74) is 0.687. The molecule has 32 heavy (non-hydrogen) atoms. The molecule has 12 heteroatoms. The lowest BCUT2D eigenvalue weighted by Crippen LogP contribution is -2.24. The van der Waals surface area contributed by atoms with Crippen LogP contribution in [0.4, 0.5) is 11.4 Å². The highest BCUT2D eigenvalue weighted by Gasteiger charge is 2.14. The van der Waals surface area contributed by atoms with Crippen molar-refractivity contribution >= 4 is 35.0 Å². The molecule has 0 atom stereocenters. The zero-order valence-electron chi connectivity index (χ0n) is 17.3. The predicted molar refractivity (Wildman–Crippen MR) is 118 cm³/mol. The van der Waals surface area contributed by atoms with Gasteiger partial charge >= 0.3 is 0 Å². The van der Waals surface area contributed by atoms with Crippen LogP contribution in [0, 0.1) is 10.1 Å². The SMILES string of the molecule is COc1cccc(C(=O)NCc2nnc(SCC(=O)Nc3cccc([N+](=O)[O-])c3)n2C)c1. The lowest BCUT2D eigenvalue weighted by atomic mass is 10.2. The number of carbonyl (C=O) groups is 2. The highest BCUT2D eigenvalue weighted by Crippen LogP contribution is 2.19. The van der Waals surface area contributed by atoms with Crippen LogP contribution in [0.3, 0.4) is 0 Å². The van der Waals surface area contributed by atoms with Crippen LogP contribution in [-0.2, 0) is 18.4 Å². The van der Waals surface area contributed by atoms with Crippen LogP contribution in [0.5, 0.6) is 5.75 Å². The van der Waals surface area contributed by atoms with Gasteiger partial charge in [-0.3, -0.25) is 19.7 Å². The summed E-state index contributed by atoms with van der Waals surface area (Å²) >= 11 is 1.16. The number of carbonyl (C=O) groups excluding carboxylic acids is 2. The van der Waals surface area contributed by atoms with Gasteiger partial charge in [-0.2, -0.15) is 0 Å². The van der Waals surface area contributed by atoms with Gasteiger partial charge in [0, 0.05) is 30.4 Å². The van der Waals surface area contributed by atoms with Gasteiger partial charge in [0.15, 0.2) is 11.0 Å². The molecule has 0 fully saturated rings. The molecule has 0 spiro atoms. The molecule has 0 radical (unpaired) electrons. The first-order valence-electron chi connectivity index (χ1n) is 9.35. The Hall–Kier alpha value is -3.93. The lowest BCUT2D eigenvalue weighted by molar-refractivity contribution is -0.384. The molecule has 0 aliphatic carbocycles. The Balaban J connectivity index is 1.53. The predicted octanol–water partition coefficient (Wildman–Crippen LogP) is 2.39. The molecule has 0 saturated carbocycles. The molecular weight excluding hydrogens is 436 g/mol. The molecule has 3 rings (SSSR count). The molecule has 1 aromatic heterocycles. The first-order valence-corrected chi connectivity index (χ1v) is 10.3. The number of rotatable bonds is 9. The number of aromatic nitrogens is 3. The number of nitrogens with zero attached hydrogens (tertiary/aromatic N) is 4. The Kier molecular flexibility index (Phi) is 7.39. The summed E-state index contributed by atoms with van der Waals surface area (Å²) in [4.78, 5) is 34.8. The Morgan fingerprint density at radius 1 is 1.19 bits per heavy atom. The van der Waals surface area contributed by atoms with Crippen molar-refractivity contribution < 1.29 is 19.2 Å². The third-order valence-corrected chi connectivity index (χ3v) is 5.36. The Morgan fingerprint density at radius 2 is 1.97 bits per heavy atom. The molecule has 2 amide bonds. The fraction of sp³-hybridized carbons (Fsp3) is 0.200. The van der Waals surface area contributed by atoms with Gasteiger partial charge in [0.2, 0.25) is 5.91 Å². The fourth-order valence-corrected chi connectivity index (χ4v) is 3.40. The molecule has 166 valence electrons. The number of benzene rings is 2. The second-order valence-electron chi connectivity index (χ2n) is 6.52. The van der Waals surface area contributed by atoms with Gasteiger partial charge in [-0.15, -0.1) is 10.2 Å². The molecule has 2 aromatic carbocycles. The largest absolute Gasteiger partial charge is 0.497 e. The minimum Gasteiger partial charge on any atom is -0.497 e. The normalized spacial score (nSPS) is 10.4. The van der Waals surface area contributed by atoms with Crippen molar-refractivity contribution in [1.82, 2.24) is 20.1 Å². The number of amides is 2. The van der Waals surface area contributed by atoms with Crippen molar-refractivity contribution in [3.63, 3.8) is 0 Å². The van der Waals surface area contributed by atoms with Crippen LogP contribution < -0.4 is 15.4 Å². The maximum atomic E-state index is 12.3. The summed E-state index contributed by atoms with van der Waals surface area (Å²) in [5, 5.41) is 24.8. The van der Waals surface area contributed by atoms with Crippen LogP contribution >= 0.6 is 11.8 Å². The number of methoxy groups -OCH3 is 1. The summed E-state index contributed by atoms with van der Waals surface area (Å²) in [6.07, 6.45) is 0. The van der Waals surface area contributed by atoms with Gasteiger partial charge in [0.1, 0.15) is 5.75 Å². The number of nitro benzene ring substituents is 1. The van der Waals surface area contributed by atoms with Crippen LogP contribution in [0.25, 0.3) is 0 Å². The van der Waals surface area contributed by atoms with Gasteiger partial charge < -0.3 is 19.9 Å². The quantitative estimate of drug-likeness (QED) is 0.284. The summed E-state index contributed by atoms with van der Waals surface area (Å²) in [7, 11) is 3.26. The van der Waals surface area contributed by atoms with Gasteiger partial charge in [0.05, 0.1) is 24.3 Å². The van der Waals surface area contributed by atoms with E-state index in [9.17, 15) is 19.7 Å². The molecule has 0 saturated heterocycles. The number of anilines is 1. The summed E-state index contributed by atoms with van der Waals surface area (Å²) < 4.78 is 6.80. The fourth-order valence-electron chi connectivity index (χ4n) is 2.67. The number of nitro groups is 1. The first-order chi connectivity index (χ1) is 15.4. The zero-order chi connectivity index (χ0) is 23.1. The molecular formula is C20H20N6O5S. The molecule has 0 bridgehead atoms. The van der Waals surface area contributed by atoms with E-state index in [1.807, 2.05) is 0 Å². The second kappa shape index (κ2) is 10.4. The standard InChI is InChI=1S/C20H20N6O5S/c1-25-17(11-21-19(28)13-5-3-8-16(9-13)31-2)23-24-20(25)32-12-18(27)22-14-6-4-7-15(10-14)26(29)30/h3-10H,11-12H2,1-2H3,(H,21,28)(H,22,27). The number of nitrogens with one attached hydrogen (secondary N) is 2. The van der Waals surface area contributed by atoms with E-state index in [2.05, 4.69) is 20.8 Å². The van der Waals surface area contributed by atoms with E-state index in [-0.39, 0.29) is 29.8 Å². The molecule has 2 N–H and O–H groups in total. The van der Waals surface area contributed by atoms with Gasteiger partial charge in [-0.1, -0.05) is 23.9 Å². The Labute approximate surface area is 187 Å². The van der Waals surface area contributed by atoms with Crippen LogP contribution in [0.2, 0.25) is 0 Å². The highest BCUT2D eigenvalue weighted by atomic mass is 32.2. The van der Waals surface area contributed by atoms with Crippen LogP contribution in [0.15, 0.2) is 53.7 Å². The maximum absolute atomic E-state index is 12.3. The first kappa shape index (κ1) is 22.7. The molecule has 0 unspecified atom stereocenters. The van der Waals surface area contributed by atoms with Gasteiger partial charge in [-0.05, 0) is 24.3 Å². The highest BCUT2D eigenvalue weighted by molar-refractivity contribution is 7.99. The lowest BCUT2D eigenvalue weighted by Gasteiger charge is -2.07. The van der Waals surface area contributed by atoms with Crippen LogP contribution in [0.1, 0.15) is 16.2 Å². The molecule has 11 nitrogen and oxygen atoms in total. The monoisotopic (exact) mass is 456 g/mol. The van der Waals surface area contributed by atoms with E-state index in [0.717, 1.165) is 11.8 Å². The minimum atomic E-state index is -0.529. The van der Waals surface area contributed by atoms with E-state index >= 15 is 0 Å². The van der Waals surface area contributed by atoms with E-state index in [0.29, 0.717) is 28.0 Å². The van der Waals surface area contributed by atoms with Gasteiger partial charge in [-0.25, -0.2) is 0 Å². The second-order valence-corrected chi connectivity index (χ2v) is 7.46. The van der Waals surface area contributed by atoms with E-state index < -0.39 is 4.92 Å². The van der Waals surface area contributed by atoms with Crippen molar-refractivity contribution in [2.24, 2.45) is 7.05 Å². The smallest absolute Gasteiger partial charge is 0.271 e. The summed E-state index contributed by atoms with van der Waals surface area (Å²) in [6, 6.07) is 12.5. The number of hydrogen-bond donors (Lipinski definition) is 2. The average Bonchev–Trinajstić information content (AvgIpc) is 3.15. The van der Waals surface area contributed by atoms with Crippen molar-refractivity contribution in [3.05, 3.63) is 70.0 Å². The topological polar surface area (TPSA) is 141 Å². The molecule has 3 aromatic rings. The average molecular weight is 456 g/mol. The molecule has 1 heterocycles. The third kappa shape index (κ3) is 5.82. The molecule has 0 aliphatic rings. The van der Waals surface area contributed by atoms with Crippen molar-refractivity contribution in [1.29, 1.82) is 0 Å². The van der Waals surface area contributed by atoms with Crippen LogP contribution in [-0.4, -0.2) is 44.4 Å². The number of non-ortho nitro benzene ring substituents is 1. The minimum absolute atomic E-state index is 0.0326. The number of thioether (sulfide) groups is 1. The van der Waals surface area contributed by atoms with E-state index in [1.54, 1.807) is 41.9 Å². The Morgan fingerprint density at radius 3 is 2.72 bits per heavy atom. The number of hydrogen-bond acceptors (Lipinski definition) is 8. The summed E-state index contributed by atoms with van der Waals surface area (Å²) in [6.45, 7) is 0.153. The third-order valence-electron chi connectivity index (χ3n) is 4.34. The number of ether oxygens (including phenoxy) is 1. The van der Waals surface area contributed by atoms with E-state index in [1.165, 1.54) is 25.3 Å². The zero-order valence-corrected chi connectivity index (χ0v) is 18.1. The summed E-state index contributed by atoms with van der Waals surface area (Å²) in [5.74, 6) is 0.509. The van der Waals surface area contributed by atoms with Crippen molar-refractivity contribution in [2.45, 2.75) is 11.7 Å². The van der Waals surface area contributed by atoms with Crippen molar-refractivity contribution in [2.75, 3.05) is 18.2 Å². The van der Waals surface area contributed by atoms with E-state index in [4.69, 9.17) is 4.74 Å². The Bertz CT molecular complexity index is 1150.